The number of carbonyl (C=O) groups excluding carboxylic acids is 2. The van der Waals surface area contributed by atoms with Crippen molar-refractivity contribution < 1.29 is 24.9 Å². The highest BCUT2D eigenvalue weighted by Gasteiger charge is 2.60. The van der Waals surface area contributed by atoms with Crippen molar-refractivity contribution in [3.63, 3.8) is 0 Å². The number of alkyl carbamates (subject to hydrolysis) is 1. The number of hydrogen-bond acceptors (Lipinski definition) is 9. The maximum atomic E-state index is 13.6. The van der Waals surface area contributed by atoms with Crippen LogP contribution < -0.4 is 22.1 Å². The predicted molar refractivity (Wildman–Crippen MR) is 154 cm³/mol. The number of imidazole rings is 1. The average molecular weight is 582 g/mol. The average Bonchev–Trinajstić information content (AvgIpc) is 3.21. The Morgan fingerprint density at radius 3 is 2.69 bits per heavy atom. The third kappa shape index (κ3) is 4.28. The minimum Gasteiger partial charge on any atom is -0.453 e. The number of primary amides is 1. The highest BCUT2D eigenvalue weighted by atomic mass is 16.5. The first-order valence-corrected chi connectivity index (χ1v) is 13.6. The summed E-state index contributed by atoms with van der Waals surface area (Å²) in [4.78, 5) is 47.1. The van der Waals surface area contributed by atoms with E-state index in [4.69, 9.17) is 16.2 Å². The van der Waals surface area contributed by atoms with Crippen LogP contribution in [0.5, 0.6) is 0 Å². The number of aliphatic hydroxyl groups is 1. The number of nitrogens with zero attached hydrogens (tertiary/aromatic N) is 6. The smallest absolute Gasteiger partial charge is 0.407 e. The highest BCUT2D eigenvalue weighted by molar-refractivity contribution is 5.90. The minimum atomic E-state index is -2.81. The van der Waals surface area contributed by atoms with Crippen LogP contribution in [0.4, 0.5) is 16.4 Å². The summed E-state index contributed by atoms with van der Waals surface area (Å²) in [5.41, 5.74) is 3.59. The maximum absolute atomic E-state index is 13.6. The van der Waals surface area contributed by atoms with Crippen molar-refractivity contribution in [2.75, 3.05) is 12.4 Å². The summed E-state index contributed by atoms with van der Waals surface area (Å²) in [7, 11) is 1.19. The summed E-state index contributed by atoms with van der Waals surface area (Å²) in [6.07, 6.45) is 1.55. The molecule has 0 bridgehead atoms. The molecule has 0 radical (unpaired) electrons. The second kappa shape index (κ2) is 9.54. The van der Waals surface area contributed by atoms with Crippen molar-refractivity contribution in [1.82, 2.24) is 34.2 Å². The number of aromatic nitrogens is 6. The van der Waals surface area contributed by atoms with Gasteiger partial charge in [-0.2, -0.15) is 5.10 Å². The van der Waals surface area contributed by atoms with E-state index in [1.165, 1.54) is 28.6 Å². The van der Waals surface area contributed by atoms with E-state index in [2.05, 4.69) is 25.5 Å². The Hall–Kier alpha value is -4.46. The van der Waals surface area contributed by atoms with Crippen LogP contribution in [0.3, 0.4) is 0 Å². The molecule has 0 aromatic carbocycles. The Balaban J connectivity index is 1.43. The number of fused-ring (bicyclic) bond motifs is 2. The molecule has 0 saturated heterocycles. The van der Waals surface area contributed by atoms with Crippen molar-refractivity contribution in [2.45, 2.75) is 69.7 Å². The zero-order valence-electron chi connectivity index (χ0n) is 27.6. The van der Waals surface area contributed by atoms with Gasteiger partial charge in [-0.25, -0.2) is 24.2 Å². The molecule has 2 amide bonds. The molecule has 4 aromatic rings. The number of methoxy groups -OCH3 is 1. The Bertz CT molecular complexity index is 1960. The van der Waals surface area contributed by atoms with E-state index >= 15 is 0 Å². The zero-order valence-corrected chi connectivity index (χ0v) is 23.6. The number of anilines is 2. The van der Waals surface area contributed by atoms with Crippen molar-refractivity contribution in [2.24, 2.45) is 18.6 Å². The van der Waals surface area contributed by atoms with E-state index in [1.807, 2.05) is 6.92 Å². The van der Waals surface area contributed by atoms with E-state index < -0.39 is 47.9 Å². The minimum absolute atomic E-state index is 0.0407. The van der Waals surface area contributed by atoms with Crippen molar-refractivity contribution >= 4 is 45.7 Å². The number of ether oxygens (including phenoxy) is 1. The molecule has 2 aliphatic rings. The van der Waals surface area contributed by atoms with Crippen LogP contribution in [-0.4, -0.2) is 59.1 Å². The number of carbonyl (C=O) groups is 2. The molecule has 42 heavy (non-hydrogen) atoms. The van der Waals surface area contributed by atoms with Crippen LogP contribution in [0.1, 0.15) is 63.7 Å². The number of pyridine rings is 2. The van der Waals surface area contributed by atoms with E-state index in [9.17, 15) is 19.5 Å². The summed E-state index contributed by atoms with van der Waals surface area (Å²) >= 11 is 0. The molecule has 5 N–H and O–H groups in total. The number of hydrogen-bond donors (Lipinski definition) is 4. The molecule has 4 unspecified atom stereocenters. The van der Waals surface area contributed by atoms with Gasteiger partial charge in [0.15, 0.2) is 5.65 Å². The fraction of sp³-hybridized carbons (Fsp3) is 0.500. The van der Waals surface area contributed by atoms with Gasteiger partial charge < -0.3 is 26.2 Å². The Morgan fingerprint density at radius 1 is 1.29 bits per heavy atom. The van der Waals surface area contributed by atoms with Crippen molar-refractivity contribution in [3.05, 3.63) is 40.6 Å². The fourth-order valence-corrected chi connectivity index (χ4v) is 5.97. The predicted octanol–water partition coefficient (Wildman–Crippen LogP) is 2.12. The molecule has 4 atom stereocenters. The first kappa shape index (κ1) is 23.1. The van der Waals surface area contributed by atoms with Gasteiger partial charge in [-0.3, -0.25) is 13.9 Å². The van der Waals surface area contributed by atoms with Crippen LogP contribution in [0.2, 0.25) is 0 Å². The molecule has 2 fully saturated rings. The zero-order chi connectivity index (χ0) is 33.6. The lowest BCUT2D eigenvalue weighted by Gasteiger charge is -2.16. The van der Waals surface area contributed by atoms with E-state index in [1.54, 1.807) is 26.0 Å². The molecule has 222 valence electrons. The third-order valence-electron chi connectivity index (χ3n) is 8.29. The lowest BCUT2D eigenvalue weighted by Crippen LogP contribution is -2.37. The largest absolute Gasteiger partial charge is 0.453 e. The first-order chi connectivity index (χ1) is 21.4. The molecular weight excluding hydrogens is 542 g/mol. The standard InChI is InChI=1S/C28H35N9O5/c1-14-12-28(14,24(29)38)37-23-17(22(34-37)27(2,3)41)8-9-20(33-23)32-21-11-18-19(13-30-21)35(4)26(40)36(18)16-7-6-15(10-16)31-25(39)42-5/h8-9,11,13-16,41H,6-7,10,12H2,1-5H3,(H2,29,38)(H,31,39)(H,30,32,33)/i4D3,15D. The van der Waals surface area contributed by atoms with Crippen LogP contribution >= 0.6 is 0 Å². The normalized spacial score (nSPS) is 27.3. The number of amides is 2. The number of nitrogens with two attached hydrogens (primary N) is 1. The van der Waals surface area contributed by atoms with Crippen LogP contribution in [0.15, 0.2) is 29.2 Å². The molecule has 4 heterocycles. The van der Waals surface area contributed by atoms with Gasteiger partial charge in [0.05, 0.1) is 25.7 Å². The Labute approximate surface area is 246 Å². The maximum Gasteiger partial charge on any atom is 0.407 e. The van der Waals surface area contributed by atoms with Gasteiger partial charge in [-0.05, 0) is 57.6 Å². The van der Waals surface area contributed by atoms with E-state index in [-0.39, 0.29) is 35.6 Å². The van der Waals surface area contributed by atoms with E-state index in [0.29, 0.717) is 40.0 Å². The SMILES string of the molecule is [2H]C1(NC(=O)OC)CCC(n2c(=O)n(C([2H])([2H])[2H])c3cnc(Nc4ccc5c(C(C)(C)O)nn(C6(C(N)=O)CC6C)c5n4)cc32)C1. The highest BCUT2D eigenvalue weighted by Crippen LogP contribution is 2.51. The van der Waals surface area contributed by atoms with Crippen molar-refractivity contribution in [3.8, 4) is 0 Å². The molecular formula is C28H35N9O5. The topological polar surface area (TPSA) is 184 Å². The van der Waals surface area contributed by atoms with Gasteiger partial charge in [0.2, 0.25) is 5.91 Å². The van der Waals surface area contributed by atoms with Gasteiger partial charge in [0, 0.05) is 34.6 Å². The molecule has 0 spiro atoms. The molecule has 0 aliphatic heterocycles. The van der Waals surface area contributed by atoms with E-state index in [0.717, 1.165) is 0 Å². The quantitative estimate of drug-likeness (QED) is 0.254. The molecule has 6 rings (SSSR count). The van der Waals surface area contributed by atoms with Crippen molar-refractivity contribution in [1.29, 1.82) is 0 Å². The third-order valence-corrected chi connectivity index (χ3v) is 8.29. The number of nitrogens with one attached hydrogen (secondary N) is 2. The summed E-state index contributed by atoms with van der Waals surface area (Å²) in [5, 5.41) is 21.5. The van der Waals surface area contributed by atoms with Gasteiger partial charge in [-0.15, -0.1) is 0 Å². The molecule has 2 saturated carbocycles. The summed E-state index contributed by atoms with van der Waals surface area (Å²) in [6, 6.07) is 2.87. The summed E-state index contributed by atoms with van der Waals surface area (Å²) in [6.45, 7) is 2.25. The van der Waals surface area contributed by atoms with Gasteiger partial charge in [-0.1, -0.05) is 6.92 Å². The van der Waals surface area contributed by atoms with Gasteiger partial charge in [0.25, 0.3) is 0 Å². The second-order valence-electron chi connectivity index (χ2n) is 11.6. The Morgan fingerprint density at radius 2 is 2.05 bits per heavy atom. The van der Waals surface area contributed by atoms with Crippen LogP contribution in [-0.2, 0) is 27.6 Å². The lowest BCUT2D eigenvalue weighted by molar-refractivity contribution is -0.123. The van der Waals surface area contributed by atoms with Gasteiger partial charge >= 0.3 is 11.8 Å². The molecule has 2 aliphatic carbocycles. The van der Waals surface area contributed by atoms with Crippen LogP contribution in [0.25, 0.3) is 22.1 Å². The first-order valence-electron chi connectivity index (χ1n) is 15.6. The Kier molecular flexibility index (Phi) is 5.26. The number of rotatable bonds is 7. The molecule has 14 nitrogen and oxygen atoms in total. The molecule has 4 aromatic heterocycles. The monoisotopic (exact) mass is 581 g/mol. The number of aryl methyl sites for hydroxylation is 1. The van der Waals surface area contributed by atoms with Crippen LogP contribution in [0, 0.1) is 5.92 Å². The summed E-state index contributed by atoms with van der Waals surface area (Å²) in [5.74, 6) is -0.115. The lowest BCUT2D eigenvalue weighted by atomic mass is 10.0. The summed E-state index contributed by atoms with van der Waals surface area (Å²) < 4.78 is 40.9. The van der Waals surface area contributed by atoms with Gasteiger partial charge in [0.1, 0.15) is 28.5 Å². The second-order valence-corrected chi connectivity index (χ2v) is 11.6. The fourth-order valence-electron chi connectivity index (χ4n) is 5.97. The molecule has 14 heteroatoms.